The number of aryl methyl sites for hydroxylation is 1. The van der Waals surface area contributed by atoms with Crippen LogP contribution in [0, 0.1) is 13.8 Å². The zero-order chi connectivity index (χ0) is 15.8. The first-order valence-electron chi connectivity index (χ1n) is 7.10. The second-order valence-electron chi connectivity index (χ2n) is 5.11. The van der Waals surface area contributed by atoms with E-state index in [9.17, 15) is 0 Å². The molecule has 0 aliphatic rings. The molecule has 114 valence electrons. The number of rotatable bonds is 3. The molecule has 0 radical (unpaired) electrons. The van der Waals surface area contributed by atoms with E-state index in [4.69, 9.17) is 8.83 Å². The molecular formula is C16H13N5O2. The Morgan fingerprint density at radius 1 is 0.913 bits per heavy atom. The minimum atomic E-state index is 0.314. The Balaban J connectivity index is 1.76. The van der Waals surface area contributed by atoms with Gasteiger partial charge in [0, 0.05) is 0 Å². The summed E-state index contributed by atoms with van der Waals surface area (Å²) < 4.78 is 12.7. The molecule has 7 heteroatoms. The van der Waals surface area contributed by atoms with E-state index in [0.29, 0.717) is 23.2 Å². The molecule has 23 heavy (non-hydrogen) atoms. The monoisotopic (exact) mass is 307 g/mol. The number of hydrogen-bond acceptors (Lipinski definition) is 6. The van der Waals surface area contributed by atoms with Gasteiger partial charge in [-0.1, -0.05) is 23.4 Å². The standard InChI is InChI=1S/C16H13N5O2/c1-10-6-3-4-7-12(10)21-11(2)14(17-20-21)16-19-18-15(23-16)13-8-5-9-22-13/h3-9H,1-2H3. The highest BCUT2D eigenvalue weighted by Crippen LogP contribution is 2.26. The Hall–Kier alpha value is -3.22. The summed E-state index contributed by atoms with van der Waals surface area (Å²) in [5.74, 6) is 1.15. The van der Waals surface area contributed by atoms with Crippen LogP contribution in [0.25, 0.3) is 28.9 Å². The molecule has 7 nitrogen and oxygen atoms in total. The zero-order valence-electron chi connectivity index (χ0n) is 12.6. The number of para-hydroxylation sites is 1. The average Bonchev–Trinajstić information content (AvgIpc) is 3.27. The number of nitrogens with zero attached hydrogens (tertiary/aromatic N) is 5. The van der Waals surface area contributed by atoms with Crippen molar-refractivity contribution in [1.29, 1.82) is 0 Å². The Kier molecular flexibility index (Phi) is 3.04. The van der Waals surface area contributed by atoms with Gasteiger partial charge < -0.3 is 8.83 Å². The smallest absolute Gasteiger partial charge is 0.283 e. The minimum Gasteiger partial charge on any atom is -0.459 e. The molecular weight excluding hydrogens is 294 g/mol. The van der Waals surface area contributed by atoms with Crippen LogP contribution in [0.4, 0.5) is 0 Å². The minimum absolute atomic E-state index is 0.314. The van der Waals surface area contributed by atoms with Gasteiger partial charge in [0.15, 0.2) is 11.5 Å². The largest absolute Gasteiger partial charge is 0.459 e. The summed E-state index contributed by atoms with van der Waals surface area (Å²) in [5, 5.41) is 16.4. The van der Waals surface area contributed by atoms with Crippen molar-refractivity contribution in [3.63, 3.8) is 0 Å². The lowest BCUT2D eigenvalue weighted by Crippen LogP contribution is -2.01. The highest BCUT2D eigenvalue weighted by Gasteiger charge is 2.19. The summed E-state index contributed by atoms with van der Waals surface area (Å²) in [6, 6.07) is 11.5. The summed E-state index contributed by atoms with van der Waals surface area (Å²) >= 11 is 0. The molecule has 0 fully saturated rings. The molecule has 0 aliphatic heterocycles. The van der Waals surface area contributed by atoms with E-state index < -0.39 is 0 Å². The molecule has 3 aromatic heterocycles. The Labute approximate surface area is 131 Å². The molecule has 0 unspecified atom stereocenters. The lowest BCUT2D eigenvalue weighted by molar-refractivity contribution is 0.522. The van der Waals surface area contributed by atoms with Crippen LogP contribution in [-0.4, -0.2) is 25.2 Å². The molecule has 0 spiro atoms. The summed E-state index contributed by atoms with van der Waals surface area (Å²) in [6.45, 7) is 3.94. The molecule has 3 heterocycles. The second-order valence-corrected chi connectivity index (χ2v) is 5.11. The van der Waals surface area contributed by atoms with Crippen LogP contribution in [-0.2, 0) is 0 Å². The number of hydrogen-bond donors (Lipinski definition) is 0. The maximum Gasteiger partial charge on any atom is 0.283 e. The van der Waals surface area contributed by atoms with Crippen LogP contribution in [0.2, 0.25) is 0 Å². The van der Waals surface area contributed by atoms with E-state index in [2.05, 4.69) is 20.5 Å². The van der Waals surface area contributed by atoms with Crippen molar-refractivity contribution in [3.05, 3.63) is 53.9 Å². The van der Waals surface area contributed by atoms with Gasteiger partial charge >= 0.3 is 0 Å². The molecule has 0 saturated carbocycles. The maximum atomic E-state index is 5.64. The molecule has 1 aromatic carbocycles. The van der Waals surface area contributed by atoms with Crippen LogP contribution in [0.1, 0.15) is 11.3 Å². The van der Waals surface area contributed by atoms with Gasteiger partial charge in [0.2, 0.25) is 0 Å². The van der Waals surface area contributed by atoms with E-state index in [1.165, 1.54) is 0 Å². The third-order valence-electron chi connectivity index (χ3n) is 3.60. The van der Waals surface area contributed by atoms with Gasteiger partial charge in [-0.05, 0) is 37.6 Å². The summed E-state index contributed by atoms with van der Waals surface area (Å²) in [6.07, 6.45) is 1.55. The van der Waals surface area contributed by atoms with Gasteiger partial charge in [0.05, 0.1) is 17.6 Å². The van der Waals surface area contributed by atoms with Crippen LogP contribution < -0.4 is 0 Å². The number of aromatic nitrogens is 5. The molecule has 0 atom stereocenters. The van der Waals surface area contributed by atoms with Crippen molar-refractivity contribution in [2.24, 2.45) is 0 Å². The van der Waals surface area contributed by atoms with Gasteiger partial charge in [0.1, 0.15) is 0 Å². The fraction of sp³-hybridized carbons (Fsp3) is 0.125. The van der Waals surface area contributed by atoms with Crippen molar-refractivity contribution in [3.8, 4) is 28.9 Å². The fourth-order valence-electron chi connectivity index (χ4n) is 2.38. The fourth-order valence-corrected chi connectivity index (χ4v) is 2.38. The topological polar surface area (TPSA) is 82.8 Å². The number of benzene rings is 1. The van der Waals surface area contributed by atoms with Crippen LogP contribution in [0.15, 0.2) is 51.5 Å². The lowest BCUT2D eigenvalue weighted by Gasteiger charge is -2.06. The zero-order valence-corrected chi connectivity index (χ0v) is 12.6. The normalized spacial score (nSPS) is 11.0. The predicted molar refractivity (Wildman–Crippen MR) is 81.8 cm³/mol. The lowest BCUT2D eigenvalue weighted by atomic mass is 10.2. The Morgan fingerprint density at radius 3 is 2.52 bits per heavy atom. The van der Waals surface area contributed by atoms with Gasteiger partial charge in [-0.2, -0.15) is 0 Å². The first-order valence-corrected chi connectivity index (χ1v) is 7.10. The second kappa shape index (κ2) is 5.20. The highest BCUT2D eigenvalue weighted by molar-refractivity contribution is 5.54. The molecule has 4 aromatic rings. The van der Waals surface area contributed by atoms with Gasteiger partial charge in [-0.25, -0.2) is 4.68 Å². The van der Waals surface area contributed by atoms with Crippen molar-refractivity contribution < 1.29 is 8.83 Å². The van der Waals surface area contributed by atoms with Crippen molar-refractivity contribution in [2.75, 3.05) is 0 Å². The van der Waals surface area contributed by atoms with Gasteiger partial charge in [0.25, 0.3) is 11.8 Å². The SMILES string of the molecule is Cc1ccccc1-n1nnc(-c2nnc(-c3ccco3)o2)c1C. The van der Waals surface area contributed by atoms with Crippen LogP contribution >= 0.6 is 0 Å². The van der Waals surface area contributed by atoms with E-state index >= 15 is 0 Å². The van der Waals surface area contributed by atoms with E-state index in [1.807, 2.05) is 38.1 Å². The molecule has 0 saturated heterocycles. The van der Waals surface area contributed by atoms with Crippen molar-refractivity contribution in [1.82, 2.24) is 25.2 Å². The maximum absolute atomic E-state index is 5.64. The molecule has 0 N–H and O–H groups in total. The van der Waals surface area contributed by atoms with E-state index in [0.717, 1.165) is 16.9 Å². The summed E-state index contributed by atoms with van der Waals surface area (Å²) in [4.78, 5) is 0. The Morgan fingerprint density at radius 2 is 1.74 bits per heavy atom. The predicted octanol–water partition coefficient (Wildman–Crippen LogP) is 3.19. The molecule has 0 bridgehead atoms. The van der Waals surface area contributed by atoms with E-state index in [1.54, 1.807) is 23.1 Å². The summed E-state index contributed by atoms with van der Waals surface area (Å²) in [5.41, 5.74) is 3.45. The highest BCUT2D eigenvalue weighted by atomic mass is 16.4. The van der Waals surface area contributed by atoms with Gasteiger partial charge in [-0.15, -0.1) is 15.3 Å². The average molecular weight is 307 g/mol. The first kappa shape index (κ1) is 13.4. The quantitative estimate of drug-likeness (QED) is 0.578. The first-order chi connectivity index (χ1) is 11.2. The third-order valence-corrected chi connectivity index (χ3v) is 3.60. The molecule has 0 aliphatic carbocycles. The van der Waals surface area contributed by atoms with E-state index in [-0.39, 0.29) is 0 Å². The van der Waals surface area contributed by atoms with Crippen LogP contribution in [0.3, 0.4) is 0 Å². The number of furan rings is 1. The molecule has 0 amide bonds. The van der Waals surface area contributed by atoms with Crippen molar-refractivity contribution in [2.45, 2.75) is 13.8 Å². The summed E-state index contributed by atoms with van der Waals surface area (Å²) in [7, 11) is 0. The molecule has 4 rings (SSSR count). The van der Waals surface area contributed by atoms with Crippen LogP contribution in [0.5, 0.6) is 0 Å². The Bertz CT molecular complexity index is 953. The third kappa shape index (κ3) is 2.22. The van der Waals surface area contributed by atoms with Gasteiger partial charge in [-0.3, -0.25) is 0 Å². The van der Waals surface area contributed by atoms with Crippen molar-refractivity contribution >= 4 is 0 Å².